The summed E-state index contributed by atoms with van der Waals surface area (Å²) in [4.78, 5) is 51.7. The normalized spacial score (nSPS) is 14.6. The van der Waals surface area contributed by atoms with Crippen LogP contribution in [-0.4, -0.2) is 57.1 Å². The highest BCUT2D eigenvalue weighted by molar-refractivity contribution is 5.97. The second kappa shape index (κ2) is 14.8. The number of anilines is 2. The molecule has 3 aromatic carbocycles. The lowest BCUT2D eigenvalue weighted by Crippen LogP contribution is -2.61. The second-order valence-electron chi connectivity index (χ2n) is 11.2. The molecule has 1 aliphatic rings. The number of carbonyl (C=O) groups is 4. The van der Waals surface area contributed by atoms with Crippen molar-refractivity contribution in [3.63, 3.8) is 0 Å². The van der Waals surface area contributed by atoms with Gasteiger partial charge in [0, 0.05) is 55.8 Å². The van der Waals surface area contributed by atoms with Gasteiger partial charge in [-0.3, -0.25) is 4.79 Å². The number of halogens is 2. The van der Waals surface area contributed by atoms with Crippen LogP contribution in [0.3, 0.4) is 0 Å². The third kappa shape index (κ3) is 8.42. The maximum Gasteiger partial charge on any atom is 0.338 e. The molecule has 4 amide bonds. The number of likely N-dealkylation sites (N-methyl/N-ethyl adjacent to an activating group) is 2. The van der Waals surface area contributed by atoms with E-state index < -0.39 is 36.1 Å². The predicted octanol–water partition coefficient (Wildman–Crippen LogP) is 3.92. The zero-order valence-corrected chi connectivity index (χ0v) is 25.2. The van der Waals surface area contributed by atoms with E-state index in [4.69, 9.17) is 4.74 Å². The smallest absolute Gasteiger partial charge is 0.338 e. The van der Waals surface area contributed by atoms with Gasteiger partial charge in [-0.25, -0.2) is 22.9 Å². The SMILES string of the molecule is CN(C(=O)COc1ccccc1[N+](C)(C(=O)CNC(=O)Nc1cccc(CC(=O)[O-])c1)C1CCCCC1)c1cc(F)cc(F)c1. The van der Waals surface area contributed by atoms with Gasteiger partial charge in [-0.2, -0.15) is 0 Å². The van der Waals surface area contributed by atoms with Gasteiger partial charge in [-0.1, -0.05) is 30.7 Å². The highest BCUT2D eigenvalue weighted by atomic mass is 19.1. The van der Waals surface area contributed by atoms with Crippen LogP contribution in [0.5, 0.6) is 5.75 Å². The minimum Gasteiger partial charge on any atom is -0.550 e. The van der Waals surface area contributed by atoms with Gasteiger partial charge in [0.2, 0.25) is 0 Å². The monoisotopic (exact) mass is 622 g/mol. The Morgan fingerprint density at radius 3 is 2.33 bits per heavy atom. The molecule has 3 aromatic rings. The first kappa shape index (κ1) is 33.1. The van der Waals surface area contributed by atoms with Gasteiger partial charge in [-0.05, 0) is 48.7 Å². The molecule has 1 fully saturated rings. The molecule has 238 valence electrons. The number of ether oxygens (including phenoxy) is 1. The van der Waals surface area contributed by atoms with Gasteiger partial charge < -0.3 is 30.2 Å². The molecule has 4 rings (SSSR count). The lowest BCUT2D eigenvalue weighted by atomic mass is 9.91. The number of carboxylic acids is 1. The highest BCUT2D eigenvalue weighted by Crippen LogP contribution is 2.39. The Morgan fingerprint density at radius 2 is 1.64 bits per heavy atom. The summed E-state index contributed by atoms with van der Waals surface area (Å²) in [5.41, 5.74) is 1.36. The number of nitrogens with zero attached hydrogens (tertiary/aromatic N) is 2. The van der Waals surface area contributed by atoms with Crippen LogP contribution in [0.2, 0.25) is 0 Å². The summed E-state index contributed by atoms with van der Waals surface area (Å²) in [7, 11) is 3.15. The van der Waals surface area contributed by atoms with Crippen LogP contribution in [0.1, 0.15) is 37.7 Å². The van der Waals surface area contributed by atoms with Crippen LogP contribution >= 0.6 is 0 Å². The molecule has 1 atom stereocenters. The molecular weight excluding hydrogens is 586 g/mol. The number of hydrogen-bond acceptors (Lipinski definition) is 6. The summed E-state index contributed by atoms with van der Waals surface area (Å²) in [6, 6.07) is 15.2. The fraction of sp³-hybridized carbons (Fsp3) is 0.333. The minimum atomic E-state index is -1.25. The molecule has 0 saturated heterocycles. The topological polar surface area (TPSA) is 128 Å². The molecule has 12 heteroatoms. The van der Waals surface area contributed by atoms with Gasteiger partial charge in [0.05, 0.1) is 7.05 Å². The van der Waals surface area contributed by atoms with Crippen LogP contribution < -0.4 is 29.9 Å². The van der Waals surface area contributed by atoms with Gasteiger partial charge in [0.25, 0.3) is 5.91 Å². The van der Waals surface area contributed by atoms with Crippen molar-refractivity contribution >= 4 is 40.9 Å². The molecule has 1 aliphatic carbocycles. The van der Waals surface area contributed by atoms with Crippen molar-refractivity contribution in [1.82, 2.24) is 9.80 Å². The van der Waals surface area contributed by atoms with Crippen molar-refractivity contribution in [2.75, 3.05) is 37.5 Å². The number of carbonyl (C=O) groups excluding carboxylic acids is 4. The Kier molecular flexibility index (Phi) is 10.8. The molecule has 0 bridgehead atoms. The van der Waals surface area contributed by atoms with Crippen LogP contribution in [0.4, 0.5) is 30.6 Å². The summed E-state index contributed by atoms with van der Waals surface area (Å²) >= 11 is 0. The van der Waals surface area contributed by atoms with Crippen molar-refractivity contribution in [3.05, 3.63) is 83.9 Å². The summed E-state index contributed by atoms with van der Waals surface area (Å²) in [5, 5.41) is 16.2. The van der Waals surface area contributed by atoms with E-state index in [1.807, 2.05) is 0 Å². The van der Waals surface area contributed by atoms with Gasteiger partial charge >= 0.3 is 11.9 Å². The number of urea groups is 1. The van der Waals surface area contributed by atoms with E-state index >= 15 is 0 Å². The zero-order valence-electron chi connectivity index (χ0n) is 25.2. The predicted molar refractivity (Wildman–Crippen MR) is 163 cm³/mol. The lowest BCUT2D eigenvalue weighted by Gasteiger charge is -2.41. The molecular formula is C33H36F2N4O6. The van der Waals surface area contributed by atoms with Crippen molar-refractivity contribution in [3.8, 4) is 5.75 Å². The molecule has 0 radical (unpaired) electrons. The molecule has 2 N–H and O–H groups in total. The Labute approximate surface area is 260 Å². The average molecular weight is 623 g/mol. The van der Waals surface area contributed by atoms with Crippen molar-refractivity contribution in [2.45, 2.75) is 44.6 Å². The quantitative estimate of drug-likeness (QED) is 0.312. The van der Waals surface area contributed by atoms with Gasteiger partial charge in [0.15, 0.2) is 18.0 Å². The van der Waals surface area contributed by atoms with E-state index in [1.54, 1.807) is 49.5 Å². The third-order valence-electron chi connectivity index (χ3n) is 8.08. The van der Waals surface area contributed by atoms with Crippen LogP contribution in [-0.2, 0) is 20.8 Å². The lowest BCUT2D eigenvalue weighted by molar-refractivity contribution is -0.304. The highest BCUT2D eigenvalue weighted by Gasteiger charge is 2.44. The first-order chi connectivity index (χ1) is 21.5. The van der Waals surface area contributed by atoms with Gasteiger partial charge in [-0.15, -0.1) is 0 Å². The Morgan fingerprint density at radius 1 is 0.956 bits per heavy atom. The van der Waals surface area contributed by atoms with E-state index in [1.165, 1.54) is 13.1 Å². The van der Waals surface area contributed by atoms with Gasteiger partial charge in [0.1, 0.15) is 24.2 Å². The van der Waals surface area contributed by atoms with Crippen molar-refractivity contribution in [1.29, 1.82) is 0 Å². The number of amides is 4. The average Bonchev–Trinajstić information content (AvgIpc) is 3.01. The Hall–Kier alpha value is -4.84. The first-order valence-corrected chi connectivity index (χ1v) is 14.7. The zero-order chi connectivity index (χ0) is 32.6. The number of hydrogen-bond donors (Lipinski definition) is 2. The van der Waals surface area contributed by atoms with Crippen molar-refractivity contribution in [2.24, 2.45) is 0 Å². The number of rotatable bonds is 11. The fourth-order valence-electron chi connectivity index (χ4n) is 5.63. The van der Waals surface area contributed by atoms with E-state index in [-0.39, 0.29) is 35.1 Å². The van der Waals surface area contributed by atoms with Crippen molar-refractivity contribution < 1.29 is 37.8 Å². The Balaban J connectivity index is 1.50. The van der Waals surface area contributed by atoms with E-state index in [2.05, 4.69) is 10.6 Å². The summed E-state index contributed by atoms with van der Waals surface area (Å²) in [6.45, 7) is -0.777. The molecule has 0 aromatic heterocycles. The van der Waals surface area contributed by atoms with E-state index in [0.717, 1.165) is 49.1 Å². The summed E-state index contributed by atoms with van der Waals surface area (Å²) < 4.78 is 33.2. The second-order valence-corrected chi connectivity index (χ2v) is 11.2. The fourth-order valence-corrected chi connectivity index (χ4v) is 5.63. The number of quaternary nitrogens is 1. The molecule has 45 heavy (non-hydrogen) atoms. The molecule has 0 heterocycles. The number of aliphatic carboxylic acids is 1. The maximum atomic E-state index is 14.0. The largest absolute Gasteiger partial charge is 0.550 e. The third-order valence-corrected chi connectivity index (χ3v) is 8.08. The number of nitrogens with one attached hydrogen (secondary N) is 2. The molecule has 1 unspecified atom stereocenters. The van der Waals surface area contributed by atoms with Crippen LogP contribution in [0, 0.1) is 11.6 Å². The standard InChI is InChI=1S/C33H36F2N4O6/c1-38(26-18-23(34)17-24(35)19-26)30(40)21-45-29-14-7-6-13-28(29)39(2,27-11-4-3-5-12-27)31(41)20-36-33(44)37-25-10-8-9-22(15-25)16-32(42)43/h6-10,13-15,17-19,27H,3-5,11-12,16,20-21H2,1-2H3,(H2-,36,37,42,43,44). The number of benzene rings is 3. The molecule has 10 nitrogen and oxygen atoms in total. The summed E-state index contributed by atoms with van der Waals surface area (Å²) in [5.74, 6) is -3.46. The molecule has 0 aliphatic heterocycles. The molecule has 1 saturated carbocycles. The number of carboxylic acid groups (broad SMARTS) is 1. The van der Waals surface area contributed by atoms with E-state index in [9.17, 15) is 33.1 Å². The minimum absolute atomic E-state index is 0.0300. The van der Waals surface area contributed by atoms with Crippen LogP contribution in [0.25, 0.3) is 0 Å². The van der Waals surface area contributed by atoms with E-state index in [0.29, 0.717) is 28.8 Å². The van der Waals surface area contributed by atoms with Crippen LogP contribution in [0.15, 0.2) is 66.7 Å². The Bertz CT molecular complexity index is 1540. The summed E-state index contributed by atoms with van der Waals surface area (Å²) in [6.07, 6.45) is 4.12. The first-order valence-electron chi connectivity index (χ1n) is 14.7. The number of para-hydroxylation sites is 2. The molecule has 0 spiro atoms. The maximum absolute atomic E-state index is 14.0.